The van der Waals surface area contributed by atoms with Gasteiger partial charge in [0.15, 0.2) is 0 Å². The molecule has 0 aromatic carbocycles. The third kappa shape index (κ3) is 4.76. The molecule has 5 heteroatoms. The Morgan fingerprint density at radius 3 is 2.61 bits per heavy atom. The zero-order valence-electron chi connectivity index (χ0n) is 11.6. The smallest absolute Gasteiger partial charge is 0.249 e. The Morgan fingerprint density at radius 1 is 1.50 bits per heavy atom. The van der Waals surface area contributed by atoms with E-state index in [4.69, 9.17) is 5.73 Å². The molecule has 1 atom stereocenters. The predicted molar refractivity (Wildman–Crippen MR) is 76.9 cm³/mol. The molecule has 0 saturated heterocycles. The van der Waals surface area contributed by atoms with Crippen molar-refractivity contribution in [1.29, 1.82) is 0 Å². The topological polar surface area (TPSA) is 58.4 Å². The normalized spacial score (nSPS) is 13.2. The number of carbonyl (C=O) groups excluding carboxylic acids is 1. The van der Waals surface area contributed by atoms with E-state index in [9.17, 15) is 4.79 Å². The number of nitrogens with two attached hydrogens (primary N) is 1. The summed E-state index contributed by atoms with van der Waals surface area (Å²) in [7, 11) is 4.15. The molecular weight excluding hydrogens is 246 g/mol. The Kier molecular flexibility index (Phi) is 5.78. The lowest BCUT2D eigenvalue weighted by atomic mass is 10.0. The molecule has 0 bridgehead atoms. The van der Waals surface area contributed by atoms with Gasteiger partial charge in [0.05, 0.1) is 5.56 Å². The number of nitrogens with zero attached hydrogens (tertiary/aromatic N) is 1. The molecule has 1 aromatic rings. The Labute approximate surface area is 113 Å². The maximum absolute atomic E-state index is 11.0. The molecular formula is C13H23N3OS. The lowest BCUT2D eigenvalue weighted by Crippen LogP contribution is -2.41. The largest absolute Gasteiger partial charge is 0.366 e. The first-order chi connectivity index (χ1) is 8.40. The summed E-state index contributed by atoms with van der Waals surface area (Å²) in [5.74, 6) is 0.217. The SMILES string of the molecule is CC(C)C(CN(C)C)NCc1cc(C(N)=O)cs1. The van der Waals surface area contributed by atoms with E-state index in [1.54, 1.807) is 11.3 Å². The van der Waals surface area contributed by atoms with Crippen LogP contribution >= 0.6 is 11.3 Å². The number of hydrogen-bond donors (Lipinski definition) is 2. The standard InChI is InChI=1S/C13H23N3OS/c1-9(2)12(7-16(3)4)15-6-11-5-10(8-18-11)13(14)17/h5,8-9,12,15H,6-7H2,1-4H3,(H2,14,17). The molecule has 0 aliphatic rings. The van der Waals surface area contributed by atoms with Gasteiger partial charge in [-0.15, -0.1) is 11.3 Å². The lowest BCUT2D eigenvalue weighted by molar-refractivity contribution is 0.100. The zero-order chi connectivity index (χ0) is 13.7. The number of nitrogens with one attached hydrogen (secondary N) is 1. The van der Waals surface area contributed by atoms with Gasteiger partial charge < -0.3 is 16.0 Å². The fourth-order valence-corrected chi connectivity index (χ4v) is 2.56. The number of likely N-dealkylation sites (N-methyl/N-ethyl adjacent to an activating group) is 1. The van der Waals surface area contributed by atoms with Crippen LogP contribution < -0.4 is 11.1 Å². The number of rotatable bonds is 7. The van der Waals surface area contributed by atoms with E-state index < -0.39 is 0 Å². The van der Waals surface area contributed by atoms with Gasteiger partial charge in [-0.2, -0.15) is 0 Å². The van der Waals surface area contributed by atoms with Gasteiger partial charge in [-0.3, -0.25) is 4.79 Å². The van der Waals surface area contributed by atoms with Crippen molar-refractivity contribution >= 4 is 17.2 Å². The Morgan fingerprint density at radius 2 is 2.17 bits per heavy atom. The lowest BCUT2D eigenvalue weighted by Gasteiger charge is -2.25. The van der Waals surface area contributed by atoms with Crippen LogP contribution in [0.15, 0.2) is 11.4 Å². The first-order valence-corrected chi connectivity index (χ1v) is 7.03. The van der Waals surface area contributed by atoms with Gasteiger partial charge >= 0.3 is 0 Å². The fraction of sp³-hybridized carbons (Fsp3) is 0.615. The van der Waals surface area contributed by atoms with Crippen LogP contribution in [0.5, 0.6) is 0 Å². The predicted octanol–water partition coefficient (Wildman–Crippen LogP) is 1.52. The van der Waals surface area contributed by atoms with Gasteiger partial charge in [0, 0.05) is 29.4 Å². The van der Waals surface area contributed by atoms with Crippen LogP contribution in [0.4, 0.5) is 0 Å². The molecule has 1 amide bonds. The van der Waals surface area contributed by atoms with Crippen LogP contribution in [0.1, 0.15) is 29.1 Å². The van der Waals surface area contributed by atoms with Crippen LogP contribution in [0.25, 0.3) is 0 Å². The number of carbonyl (C=O) groups is 1. The zero-order valence-corrected chi connectivity index (χ0v) is 12.4. The number of primary amides is 1. The van der Waals surface area contributed by atoms with E-state index in [2.05, 4.69) is 38.2 Å². The average molecular weight is 269 g/mol. The van der Waals surface area contributed by atoms with E-state index in [0.717, 1.165) is 18.0 Å². The second-order valence-corrected chi connectivity index (χ2v) is 6.16. The highest BCUT2D eigenvalue weighted by Gasteiger charge is 2.14. The van der Waals surface area contributed by atoms with Gasteiger partial charge in [0.1, 0.15) is 0 Å². The van der Waals surface area contributed by atoms with E-state index in [-0.39, 0.29) is 5.91 Å². The number of thiophene rings is 1. The third-order valence-electron chi connectivity index (χ3n) is 2.84. The van der Waals surface area contributed by atoms with Crippen molar-refractivity contribution in [2.75, 3.05) is 20.6 Å². The Balaban J connectivity index is 2.53. The summed E-state index contributed by atoms with van der Waals surface area (Å²) in [6.45, 7) is 6.22. The Hall–Kier alpha value is -0.910. The maximum atomic E-state index is 11.0. The molecule has 0 saturated carbocycles. The molecule has 4 nitrogen and oxygen atoms in total. The molecule has 0 fully saturated rings. The highest BCUT2D eigenvalue weighted by molar-refractivity contribution is 7.10. The van der Waals surface area contributed by atoms with Crippen molar-refractivity contribution in [3.8, 4) is 0 Å². The van der Waals surface area contributed by atoms with Gasteiger partial charge in [-0.1, -0.05) is 13.8 Å². The quantitative estimate of drug-likeness (QED) is 0.789. The molecule has 0 spiro atoms. The van der Waals surface area contributed by atoms with Gasteiger partial charge in [0.2, 0.25) is 5.91 Å². The maximum Gasteiger partial charge on any atom is 0.249 e. The highest BCUT2D eigenvalue weighted by atomic mass is 32.1. The molecule has 18 heavy (non-hydrogen) atoms. The second-order valence-electron chi connectivity index (χ2n) is 5.16. The first kappa shape index (κ1) is 15.1. The first-order valence-electron chi connectivity index (χ1n) is 6.15. The second kappa shape index (κ2) is 6.87. The van der Waals surface area contributed by atoms with Gasteiger partial charge in [-0.25, -0.2) is 0 Å². The molecule has 0 aliphatic heterocycles. The summed E-state index contributed by atoms with van der Waals surface area (Å²) in [5, 5.41) is 5.35. The van der Waals surface area contributed by atoms with Crippen LogP contribution in [0.2, 0.25) is 0 Å². The molecule has 1 heterocycles. The summed E-state index contributed by atoms with van der Waals surface area (Å²) in [6, 6.07) is 2.31. The monoisotopic (exact) mass is 269 g/mol. The number of amides is 1. The molecule has 1 aromatic heterocycles. The van der Waals surface area contributed by atoms with Crippen molar-refractivity contribution in [2.45, 2.75) is 26.4 Å². The molecule has 0 radical (unpaired) electrons. The minimum atomic E-state index is -0.355. The van der Waals surface area contributed by atoms with E-state index in [1.807, 2.05) is 11.4 Å². The summed E-state index contributed by atoms with van der Waals surface area (Å²) >= 11 is 1.57. The molecule has 1 rings (SSSR count). The van der Waals surface area contributed by atoms with Crippen molar-refractivity contribution in [1.82, 2.24) is 10.2 Å². The summed E-state index contributed by atoms with van der Waals surface area (Å²) in [6.07, 6.45) is 0. The van der Waals surface area contributed by atoms with E-state index in [0.29, 0.717) is 17.5 Å². The molecule has 1 unspecified atom stereocenters. The summed E-state index contributed by atoms with van der Waals surface area (Å²) in [4.78, 5) is 14.3. The average Bonchev–Trinajstić information content (AvgIpc) is 2.72. The fourth-order valence-electron chi connectivity index (χ4n) is 1.74. The van der Waals surface area contributed by atoms with Crippen molar-refractivity contribution in [2.24, 2.45) is 11.7 Å². The molecule has 3 N–H and O–H groups in total. The van der Waals surface area contributed by atoms with Crippen LogP contribution in [-0.2, 0) is 6.54 Å². The molecule has 102 valence electrons. The highest BCUT2D eigenvalue weighted by Crippen LogP contribution is 2.15. The summed E-state index contributed by atoms with van der Waals surface area (Å²) < 4.78 is 0. The van der Waals surface area contributed by atoms with E-state index >= 15 is 0 Å². The summed E-state index contributed by atoms with van der Waals surface area (Å²) in [5.41, 5.74) is 5.84. The third-order valence-corrected chi connectivity index (χ3v) is 3.78. The minimum Gasteiger partial charge on any atom is -0.366 e. The number of hydrogen-bond acceptors (Lipinski definition) is 4. The van der Waals surface area contributed by atoms with Crippen molar-refractivity contribution in [3.63, 3.8) is 0 Å². The van der Waals surface area contributed by atoms with Crippen LogP contribution in [-0.4, -0.2) is 37.5 Å². The van der Waals surface area contributed by atoms with Crippen molar-refractivity contribution in [3.05, 3.63) is 21.9 Å². The van der Waals surface area contributed by atoms with Crippen LogP contribution in [0, 0.1) is 5.92 Å². The Bertz CT molecular complexity index is 387. The van der Waals surface area contributed by atoms with Gasteiger partial charge in [-0.05, 0) is 26.1 Å². The van der Waals surface area contributed by atoms with E-state index in [1.165, 1.54) is 0 Å². The van der Waals surface area contributed by atoms with Crippen molar-refractivity contribution < 1.29 is 4.79 Å². The minimum absolute atomic E-state index is 0.355. The molecule has 0 aliphatic carbocycles. The van der Waals surface area contributed by atoms with Gasteiger partial charge in [0.25, 0.3) is 0 Å². The van der Waals surface area contributed by atoms with Crippen LogP contribution in [0.3, 0.4) is 0 Å².